The zero-order valence-corrected chi connectivity index (χ0v) is 15.9. The van der Waals surface area contributed by atoms with Crippen LogP contribution in [0.15, 0.2) is 12.2 Å². The molecule has 1 aliphatic heterocycles. The summed E-state index contributed by atoms with van der Waals surface area (Å²) in [4.78, 5) is 37.2. The van der Waals surface area contributed by atoms with E-state index >= 15 is 0 Å². The van der Waals surface area contributed by atoms with Gasteiger partial charge in [-0.15, -0.1) is 0 Å². The van der Waals surface area contributed by atoms with E-state index in [1.165, 1.54) is 0 Å². The summed E-state index contributed by atoms with van der Waals surface area (Å²) >= 11 is 0. The van der Waals surface area contributed by atoms with Gasteiger partial charge in [0.1, 0.15) is 6.29 Å². The number of carbonyl (C=O) groups excluding carboxylic acids is 3. The monoisotopic (exact) mass is 346 g/mol. The van der Waals surface area contributed by atoms with Crippen molar-refractivity contribution in [3.8, 4) is 0 Å². The first-order chi connectivity index (χ1) is 11.6. The first-order valence-corrected chi connectivity index (χ1v) is 9.48. The Bertz CT molecular complexity index is 638. The fourth-order valence-electron chi connectivity index (χ4n) is 6.19. The lowest BCUT2D eigenvalue weighted by molar-refractivity contribution is -0.156. The Hall–Kier alpha value is -1.45. The summed E-state index contributed by atoms with van der Waals surface area (Å²) in [5.41, 5.74) is -0.593. The SMILES string of the molecule is C=C1C[C@@](C)(C=O)[C@@H]([C@]2(C)CCC[C@@]3(C)C(=O)OC(=O)[C@@H]23)CC[C@@H]1C. The number of rotatable bonds is 2. The van der Waals surface area contributed by atoms with Gasteiger partial charge in [-0.25, -0.2) is 0 Å². The molecule has 0 radical (unpaired) electrons. The van der Waals surface area contributed by atoms with Gasteiger partial charge < -0.3 is 9.53 Å². The Morgan fingerprint density at radius 2 is 1.84 bits per heavy atom. The normalized spacial score (nSPS) is 47.8. The maximum Gasteiger partial charge on any atom is 0.320 e. The Labute approximate surface area is 150 Å². The summed E-state index contributed by atoms with van der Waals surface area (Å²) in [7, 11) is 0. The number of esters is 2. The van der Waals surface area contributed by atoms with E-state index in [1.807, 2.05) is 13.8 Å². The molecule has 138 valence electrons. The third-order valence-corrected chi connectivity index (χ3v) is 7.66. The largest absolute Gasteiger partial charge is 0.392 e. The van der Waals surface area contributed by atoms with E-state index in [0.717, 1.165) is 37.5 Å². The molecule has 3 fully saturated rings. The van der Waals surface area contributed by atoms with Gasteiger partial charge in [-0.1, -0.05) is 39.3 Å². The van der Waals surface area contributed by atoms with Crippen LogP contribution in [0.5, 0.6) is 0 Å². The molecule has 0 bridgehead atoms. The standard InChI is InChI=1S/C21H30O4/c1-13-7-8-15(19(3,12-22)11-14(13)2)20(4)9-6-10-21(5)16(20)17(23)25-18(21)24/h12-13,15-16H,2,6-11H2,1,3-5H3/t13-,15-,16-,19-,20-,21+/m0/s1. The predicted octanol–water partition coefficient (Wildman–Crippen LogP) is 4.08. The third-order valence-electron chi connectivity index (χ3n) is 7.66. The lowest BCUT2D eigenvalue weighted by Gasteiger charge is -2.53. The highest BCUT2D eigenvalue weighted by atomic mass is 16.6. The topological polar surface area (TPSA) is 60.4 Å². The number of carbonyl (C=O) groups is 3. The molecule has 4 heteroatoms. The summed E-state index contributed by atoms with van der Waals surface area (Å²) in [6.45, 7) is 12.4. The molecule has 0 aromatic carbocycles. The van der Waals surface area contributed by atoms with Gasteiger partial charge in [0.2, 0.25) is 0 Å². The van der Waals surface area contributed by atoms with Crippen LogP contribution in [0, 0.1) is 34.0 Å². The molecule has 0 aromatic heterocycles. The maximum atomic E-state index is 12.6. The molecule has 6 atom stereocenters. The van der Waals surface area contributed by atoms with Crippen molar-refractivity contribution in [3.05, 3.63) is 12.2 Å². The average molecular weight is 346 g/mol. The number of allylic oxidation sites excluding steroid dienone is 1. The molecule has 1 heterocycles. The fourth-order valence-corrected chi connectivity index (χ4v) is 6.19. The molecular weight excluding hydrogens is 316 g/mol. The Morgan fingerprint density at radius 1 is 1.16 bits per heavy atom. The van der Waals surface area contributed by atoms with E-state index in [0.29, 0.717) is 18.8 Å². The quantitative estimate of drug-likeness (QED) is 0.248. The van der Waals surface area contributed by atoms with Crippen molar-refractivity contribution in [1.29, 1.82) is 0 Å². The molecule has 0 spiro atoms. The van der Waals surface area contributed by atoms with Crippen LogP contribution < -0.4 is 0 Å². The highest BCUT2D eigenvalue weighted by molar-refractivity contribution is 5.99. The van der Waals surface area contributed by atoms with Crippen molar-refractivity contribution in [1.82, 2.24) is 0 Å². The van der Waals surface area contributed by atoms with E-state index in [1.54, 1.807) is 0 Å². The van der Waals surface area contributed by atoms with Crippen LogP contribution in [-0.4, -0.2) is 18.2 Å². The molecular formula is C21H30O4. The molecule has 0 amide bonds. The molecule has 2 saturated carbocycles. The maximum absolute atomic E-state index is 12.6. The number of aldehydes is 1. The second-order valence-corrected chi connectivity index (χ2v) is 9.41. The predicted molar refractivity (Wildman–Crippen MR) is 94.5 cm³/mol. The van der Waals surface area contributed by atoms with Crippen molar-refractivity contribution in [2.45, 2.75) is 66.2 Å². The van der Waals surface area contributed by atoms with Gasteiger partial charge in [-0.2, -0.15) is 0 Å². The van der Waals surface area contributed by atoms with Gasteiger partial charge in [-0.3, -0.25) is 9.59 Å². The van der Waals surface area contributed by atoms with Crippen LogP contribution in [-0.2, 0) is 19.1 Å². The summed E-state index contributed by atoms with van der Waals surface area (Å²) < 4.78 is 5.09. The van der Waals surface area contributed by atoms with E-state index in [2.05, 4.69) is 20.4 Å². The molecule has 0 N–H and O–H groups in total. The van der Waals surface area contributed by atoms with Crippen LogP contribution in [0.4, 0.5) is 0 Å². The van der Waals surface area contributed by atoms with E-state index in [9.17, 15) is 14.4 Å². The summed E-state index contributed by atoms with van der Waals surface area (Å²) in [5, 5.41) is 0. The van der Waals surface area contributed by atoms with Crippen molar-refractivity contribution < 1.29 is 19.1 Å². The molecule has 0 aromatic rings. The minimum atomic E-state index is -0.747. The number of fused-ring (bicyclic) bond motifs is 1. The summed E-state index contributed by atoms with van der Waals surface area (Å²) in [6.07, 6.45) is 5.99. The van der Waals surface area contributed by atoms with Crippen LogP contribution in [0.2, 0.25) is 0 Å². The van der Waals surface area contributed by atoms with E-state index in [-0.39, 0.29) is 17.9 Å². The number of hydrogen-bond acceptors (Lipinski definition) is 4. The van der Waals surface area contributed by atoms with Gasteiger partial charge >= 0.3 is 11.9 Å². The highest BCUT2D eigenvalue weighted by Gasteiger charge is 2.66. The van der Waals surface area contributed by atoms with Gasteiger partial charge in [0, 0.05) is 5.41 Å². The van der Waals surface area contributed by atoms with Gasteiger partial charge in [0.15, 0.2) is 0 Å². The summed E-state index contributed by atoms with van der Waals surface area (Å²) in [5.74, 6) is -0.804. The molecule has 2 aliphatic carbocycles. The third kappa shape index (κ3) is 2.51. The highest BCUT2D eigenvalue weighted by Crippen LogP contribution is 2.63. The smallest absolute Gasteiger partial charge is 0.320 e. The minimum absolute atomic E-state index is 0.0438. The Balaban J connectivity index is 2.08. The first kappa shape index (κ1) is 18.3. The zero-order chi connectivity index (χ0) is 18.6. The van der Waals surface area contributed by atoms with Gasteiger partial charge in [0.25, 0.3) is 0 Å². The van der Waals surface area contributed by atoms with Crippen LogP contribution in [0.25, 0.3) is 0 Å². The van der Waals surface area contributed by atoms with E-state index < -0.39 is 22.2 Å². The van der Waals surface area contributed by atoms with Crippen LogP contribution in [0.1, 0.15) is 66.2 Å². The Morgan fingerprint density at radius 3 is 2.48 bits per heavy atom. The van der Waals surface area contributed by atoms with Crippen molar-refractivity contribution in [2.75, 3.05) is 0 Å². The molecule has 3 aliphatic rings. The van der Waals surface area contributed by atoms with Crippen LogP contribution >= 0.6 is 0 Å². The second-order valence-electron chi connectivity index (χ2n) is 9.41. The van der Waals surface area contributed by atoms with Crippen molar-refractivity contribution in [3.63, 3.8) is 0 Å². The summed E-state index contributed by atoms with van der Waals surface area (Å²) in [6, 6.07) is 0. The Kier molecular flexibility index (Phi) is 4.24. The number of hydrogen-bond donors (Lipinski definition) is 0. The lowest BCUT2D eigenvalue weighted by Crippen LogP contribution is -2.53. The average Bonchev–Trinajstić information content (AvgIpc) is 2.69. The van der Waals surface area contributed by atoms with Gasteiger partial charge in [-0.05, 0) is 56.3 Å². The zero-order valence-electron chi connectivity index (χ0n) is 15.9. The van der Waals surface area contributed by atoms with E-state index in [4.69, 9.17) is 4.74 Å². The number of cyclic esters (lactones) is 2. The van der Waals surface area contributed by atoms with Crippen LogP contribution in [0.3, 0.4) is 0 Å². The molecule has 3 rings (SSSR count). The van der Waals surface area contributed by atoms with Gasteiger partial charge in [0.05, 0.1) is 11.3 Å². The van der Waals surface area contributed by atoms with Crippen molar-refractivity contribution in [2.24, 2.45) is 34.0 Å². The molecule has 25 heavy (non-hydrogen) atoms. The molecule has 1 saturated heterocycles. The number of ether oxygens (including phenoxy) is 1. The van der Waals surface area contributed by atoms with Crippen molar-refractivity contribution >= 4 is 18.2 Å². The second kappa shape index (κ2) is 5.78. The molecule has 4 nitrogen and oxygen atoms in total. The fraction of sp³-hybridized carbons (Fsp3) is 0.762. The lowest BCUT2D eigenvalue weighted by atomic mass is 9.48. The first-order valence-electron chi connectivity index (χ1n) is 9.48. The minimum Gasteiger partial charge on any atom is -0.392 e. The molecule has 0 unspecified atom stereocenters.